The number of fused-ring (bicyclic) bond motifs is 1. The van der Waals surface area contributed by atoms with Crippen LogP contribution in [0.2, 0.25) is 0 Å². The van der Waals surface area contributed by atoms with Crippen molar-refractivity contribution in [1.29, 1.82) is 0 Å². The van der Waals surface area contributed by atoms with Crippen LogP contribution in [0.4, 0.5) is 0 Å². The standard InChI is InChI=1S/C24H29N5O2/c1-5-6-7-22(31-24(25)29-15(2)3)16-8-10-20-18(12-16)19(14-28-20)21-11-9-17(13-27-21)23(30)26-4/h7-15,28H,5-6H2,1-4H3,(H2,25,29)(H,26,30)/b22-7+. The molecule has 1 amide bonds. The van der Waals surface area contributed by atoms with E-state index in [1.807, 2.05) is 44.3 Å². The van der Waals surface area contributed by atoms with Crippen molar-refractivity contribution in [3.63, 3.8) is 0 Å². The molecule has 0 fully saturated rings. The van der Waals surface area contributed by atoms with Gasteiger partial charge in [0.05, 0.1) is 11.3 Å². The van der Waals surface area contributed by atoms with E-state index >= 15 is 0 Å². The van der Waals surface area contributed by atoms with Gasteiger partial charge < -0.3 is 20.8 Å². The van der Waals surface area contributed by atoms with Crippen LogP contribution in [0, 0.1) is 0 Å². The number of rotatable bonds is 7. The quantitative estimate of drug-likeness (QED) is 0.298. The Hall–Kier alpha value is -3.61. The molecule has 0 unspecified atom stereocenters. The molecule has 0 radical (unpaired) electrons. The lowest BCUT2D eigenvalue weighted by atomic mass is 10.0. The number of aliphatic imine (C=N–C) groups is 1. The molecular formula is C24H29N5O2. The number of benzene rings is 1. The minimum atomic E-state index is -0.163. The van der Waals surface area contributed by atoms with Gasteiger partial charge in [0, 0.05) is 47.5 Å². The third kappa shape index (κ3) is 5.31. The summed E-state index contributed by atoms with van der Waals surface area (Å²) in [6, 6.07) is 9.87. The van der Waals surface area contributed by atoms with Gasteiger partial charge in [0.2, 0.25) is 0 Å². The number of aromatic nitrogens is 2. The minimum absolute atomic E-state index is 0.0509. The lowest BCUT2D eigenvalue weighted by molar-refractivity contribution is 0.0962. The minimum Gasteiger partial charge on any atom is -0.426 e. The number of unbranched alkanes of at least 4 members (excludes halogenated alkanes) is 1. The molecule has 2 heterocycles. The fourth-order valence-corrected chi connectivity index (χ4v) is 3.21. The summed E-state index contributed by atoms with van der Waals surface area (Å²) in [5.74, 6) is 0.518. The number of ether oxygens (including phenoxy) is 1. The zero-order valence-electron chi connectivity index (χ0n) is 18.4. The number of amidine groups is 1. The van der Waals surface area contributed by atoms with Crippen LogP contribution in [-0.4, -0.2) is 35.0 Å². The first kappa shape index (κ1) is 22.1. The van der Waals surface area contributed by atoms with Crippen LogP contribution in [-0.2, 0) is 4.74 Å². The highest BCUT2D eigenvalue weighted by Gasteiger charge is 2.13. The number of nitrogens with two attached hydrogens (primary N) is 1. The highest BCUT2D eigenvalue weighted by molar-refractivity contribution is 5.98. The molecule has 0 saturated carbocycles. The summed E-state index contributed by atoms with van der Waals surface area (Å²) in [6.45, 7) is 6.01. The maximum atomic E-state index is 11.8. The van der Waals surface area contributed by atoms with Gasteiger partial charge in [0.25, 0.3) is 11.9 Å². The van der Waals surface area contributed by atoms with Gasteiger partial charge in [-0.15, -0.1) is 0 Å². The third-order valence-corrected chi connectivity index (χ3v) is 4.71. The van der Waals surface area contributed by atoms with Gasteiger partial charge in [-0.1, -0.05) is 13.3 Å². The summed E-state index contributed by atoms with van der Waals surface area (Å²) in [7, 11) is 1.60. The highest BCUT2D eigenvalue weighted by atomic mass is 16.5. The molecule has 2 aromatic heterocycles. The summed E-state index contributed by atoms with van der Waals surface area (Å²) in [4.78, 5) is 23.8. The first-order valence-electron chi connectivity index (χ1n) is 10.4. The Balaban J connectivity index is 2.00. The molecule has 0 aliphatic heterocycles. The van der Waals surface area contributed by atoms with Gasteiger partial charge in [-0.25, -0.2) is 4.99 Å². The van der Waals surface area contributed by atoms with Crippen LogP contribution in [0.5, 0.6) is 0 Å². The Kier molecular flexibility index (Phi) is 7.07. The van der Waals surface area contributed by atoms with E-state index < -0.39 is 0 Å². The van der Waals surface area contributed by atoms with Crippen LogP contribution in [0.25, 0.3) is 27.9 Å². The molecule has 0 aliphatic rings. The number of hydrogen-bond donors (Lipinski definition) is 3. The summed E-state index contributed by atoms with van der Waals surface area (Å²) in [5, 5.41) is 3.61. The number of pyridine rings is 1. The number of nitrogens with zero attached hydrogens (tertiary/aromatic N) is 2. The van der Waals surface area contributed by atoms with Crippen molar-refractivity contribution in [2.24, 2.45) is 10.7 Å². The molecule has 0 bridgehead atoms. The van der Waals surface area contributed by atoms with Gasteiger partial charge in [0.15, 0.2) is 0 Å². The van der Waals surface area contributed by atoms with Crippen molar-refractivity contribution in [1.82, 2.24) is 15.3 Å². The Morgan fingerprint density at radius 3 is 2.71 bits per heavy atom. The predicted octanol–water partition coefficient (Wildman–Crippen LogP) is 4.47. The number of allylic oxidation sites excluding steroid dienone is 1. The third-order valence-electron chi connectivity index (χ3n) is 4.71. The van der Waals surface area contributed by atoms with Crippen LogP contribution < -0.4 is 11.1 Å². The average molecular weight is 420 g/mol. The van der Waals surface area contributed by atoms with E-state index in [-0.39, 0.29) is 18.0 Å². The predicted molar refractivity (Wildman–Crippen MR) is 126 cm³/mol. The monoisotopic (exact) mass is 419 g/mol. The number of aromatic amines is 1. The molecule has 7 heteroatoms. The van der Waals surface area contributed by atoms with E-state index in [1.165, 1.54) is 0 Å². The molecule has 3 rings (SSSR count). The van der Waals surface area contributed by atoms with Crippen molar-refractivity contribution < 1.29 is 9.53 Å². The zero-order chi connectivity index (χ0) is 22.4. The lowest BCUT2D eigenvalue weighted by Crippen LogP contribution is -2.17. The number of carbonyl (C=O) groups is 1. The summed E-state index contributed by atoms with van der Waals surface area (Å²) in [5.41, 5.74) is 10.1. The Labute approximate surface area is 182 Å². The topological polar surface area (TPSA) is 105 Å². The molecular weight excluding hydrogens is 390 g/mol. The Morgan fingerprint density at radius 2 is 2.06 bits per heavy atom. The van der Waals surface area contributed by atoms with Crippen LogP contribution in [0.15, 0.2) is 53.8 Å². The smallest absolute Gasteiger partial charge is 0.287 e. The van der Waals surface area contributed by atoms with Crippen LogP contribution >= 0.6 is 0 Å². The van der Waals surface area contributed by atoms with E-state index in [4.69, 9.17) is 10.5 Å². The fraction of sp³-hybridized carbons (Fsp3) is 0.292. The van der Waals surface area contributed by atoms with E-state index in [9.17, 15) is 4.79 Å². The Bertz CT molecular complexity index is 1110. The second kappa shape index (κ2) is 9.93. The first-order valence-corrected chi connectivity index (χ1v) is 10.4. The normalized spacial score (nSPS) is 12.4. The molecule has 0 atom stereocenters. The largest absolute Gasteiger partial charge is 0.426 e. The number of hydrogen-bond acceptors (Lipinski definition) is 4. The summed E-state index contributed by atoms with van der Waals surface area (Å²) in [6.07, 6.45) is 7.39. The van der Waals surface area contributed by atoms with Gasteiger partial charge >= 0.3 is 0 Å². The van der Waals surface area contributed by atoms with Gasteiger partial charge in [0.1, 0.15) is 5.76 Å². The molecule has 162 valence electrons. The van der Waals surface area contributed by atoms with Crippen molar-refractivity contribution in [3.8, 4) is 11.3 Å². The van der Waals surface area contributed by atoms with Crippen molar-refractivity contribution >= 4 is 28.6 Å². The average Bonchev–Trinajstić information content (AvgIpc) is 3.19. The van der Waals surface area contributed by atoms with Gasteiger partial charge in [-0.2, -0.15) is 0 Å². The maximum absolute atomic E-state index is 11.8. The van der Waals surface area contributed by atoms with E-state index in [0.29, 0.717) is 11.3 Å². The second-order valence-corrected chi connectivity index (χ2v) is 7.49. The highest BCUT2D eigenvalue weighted by Crippen LogP contribution is 2.30. The van der Waals surface area contributed by atoms with Crippen LogP contribution in [0.1, 0.15) is 49.5 Å². The molecule has 0 spiro atoms. The summed E-state index contributed by atoms with van der Waals surface area (Å²) >= 11 is 0. The first-order chi connectivity index (χ1) is 14.9. The van der Waals surface area contributed by atoms with E-state index in [2.05, 4.69) is 33.3 Å². The number of nitrogens with one attached hydrogen (secondary N) is 2. The molecule has 0 aliphatic carbocycles. The van der Waals surface area contributed by atoms with Gasteiger partial charge in [-0.3, -0.25) is 9.78 Å². The van der Waals surface area contributed by atoms with Crippen molar-refractivity contribution in [3.05, 3.63) is 59.9 Å². The number of carbonyl (C=O) groups excluding carboxylic acids is 1. The molecule has 1 aromatic carbocycles. The SMILES string of the molecule is CCC/C=C(/OC(N)=NC(C)C)c1ccc2[nH]cc(-c3ccc(C(=O)NC)cn3)c2c1. The molecule has 0 saturated heterocycles. The number of amides is 1. The fourth-order valence-electron chi connectivity index (χ4n) is 3.21. The Morgan fingerprint density at radius 1 is 1.29 bits per heavy atom. The van der Waals surface area contributed by atoms with Crippen molar-refractivity contribution in [2.75, 3.05) is 7.05 Å². The lowest BCUT2D eigenvalue weighted by Gasteiger charge is -2.11. The second-order valence-electron chi connectivity index (χ2n) is 7.49. The van der Waals surface area contributed by atoms with E-state index in [1.54, 1.807) is 19.3 Å². The molecule has 31 heavy (non-hydrogen) atoms. The molecule has 7 nitrogen and oxygen atoms in total. The number of H-pyrrole nitrogens is 1. The van der Waals surface area contributed by atoms with Crippen molar-refractivity contribution in [2.45, 2.75) is 39.7 Å². The maximum Gasteiger partial charge on any atom is 0.287 e. The molecule has 3 aromatic rings. The molecule has 4 N–H and O–H groups in total. The van der Waals surface area contributed by atoms with Gasteiger partial charge in [-0.05, 0) is 56.7 Å². The van der Waals surface area contributed by atoms with E-state index in [0.717, 1.165) is 40.6 Å². The zero-order valence-corrected chi connectivity index (χ0v) is 18.4. The summed E-state index contributed by atoms with van der Waals surface area (Å²) < 4.78 is 5.89. The van der Waals surface area contributed by atoms with Crippen LogP contribution in [0.3, 0.4) is 0 Å².